The number of carbonyl (C=O) groups excluding carboxylic acids is 1. The maximum absolute atomic E-state index is 13.8. The van der Waals surface area contributed by atoms with Crippen molar-refractivity contribution < 1.29 is 22.0 Å². The Morgan fingerprint density at radius 2 is 1.75 bits per heavy atom. The molecule has 2 saturated heterocycles. The lowest BCUT2D eigenvalue weighted by Gasteiger charge is -2.34. The van der Waals surface area contributed by atoms with Crippen molar-refractivity contribution in [3.05, 3.63) is 71.8 Å². The maximum Gasteiger partial charge on any atom is 0.258 e. The van der Waals surface area contributed by atoms with Gasteiger partial charge in [-0.15, -0.1) is 0 Å². The third-order valence-electron chi connectivity index (χ3n) is 8.42. The van der Waals surface area contributed by atoms with Crippen molar-refractivity contribution >= 4 is 43.8 Å². The van der Waals surface area contributed by atoms with Gasteiger partial charge in [-0.1, -0.05) is 0 Å². The second-order valence-corrected chi connectivity index (χ2v) is 13.4. The average molecular weight is 624 g/mol. The molecule has 2 aliphatic heterocycles. The molecule has 44 heavy (non-hydrogen) atoms. The van der Waals surface area contributed by atoms with Crippen LogP contribution < -0.4 is 20.9 Å². The molecule has 6 rings (SSSR count). The first kappa shape index (κ1) is 30.0. The fraction of sp³-hybridized carbons (Fsp3) is 0.355. The summed E-state index contributed by atoms with van der Waals surface area (Å²) in [7, 11) is -2.15. The second kappa shape index (κ2) is 12.1. The topological polar surface area (TPSA) is 122 Å². The molecule has 2 unspecified atom stereocenters. The van der Waals surface area contributed by atoms with E-state index in [1.165, 1.54) is 18.2 Å². The van der Waals surface area contributed by atoms with E-state index in [0.29, 0.717) is 28.2 Å². The summed E-state index contributed by atoms with van der Waals surface area (Å²) >= 11 is 0. The Morgan fingerprint density at radius 3 is 2.45 bits per heavy atom. The molecule has 1 amide bonds. The van der Waals surface area contributed by atoms with E-state index >= 15 is 0 Å². The predicted molar refractivity (Wildman–Crippen MR) is 166 cm³/mol. The maximum atomic E-state index is 13.8. The molecule has 4 aromatic rings. The third-order valence-corrected chi connectivity index (χ3v) is 10.2. The van der Waals surface area contributed by atoms with E-state index < -0.39 is 32.3 Å². The number of hydrogen-bond acceptors (Lipinski definition) is 8. The van der Waals surface area contributed by atoms with Crippen molar-refractivity contribution in [1.82, 2.24) is 20.4 Å². The van der Waals surface area contributed by atoms with Crippen molar-refractivity contribution in [2.45, 2.75) is 41.6 Å². The molecule has 10 nitrogen and oxygen atoms in total. The fourth-order valence-electron chi connectivity index (χ4n) is 5.85. The molecule has 2 aliphatic rings. The van der Waals surface area contributed by atoms with Crippen LogP contribution in [0.3, 0.4) is 0 Å². The van der Waals surface area contributed by atoms with Gasteiger partial charge in [-0.3, -0.25) is 9.89 Å². The summed E-state index contributed by atoms with van der Waals surface area (Å²) in [5.74, 6) is -2.28. The Labute approximate surface area is 254 Å². The zero-order chi connectivity index (χ0) is 31.0. The second-order valence-electron chi connectivity index (χ2n) is 11.5. The Morgan fingerprint density at radius 1 is 1.00 bits per heavy atom. The lowest BCUT2D eigenvalue weighted by Crippen LogP contribution is -2.44. The molecule has 232 valence electrons. The number of rotatable bonds is 8. The summed E-state index contributed by atoms with van der Waals surface area (Å²) < 4.78 is 54.1. The van der Waals surface area contributed by atoms with Crippen LogP contribution in [0.5, 0.6) is 0 Å². The van der Waals surface area contributed by atoms with Gasteiger partial charge in [-0.2, -0.15) is 5.10 Å². The van der Waals surface area contributed by atoms with E-state index in [1.54, 1.807) is 6.07 Å². The van der Waals surface area contributed by atoms with E-state index in [9.17, 15) is 22.0 Å². The zero-order valence-electron chi connectivity index (χ0n) is 24.5. The largest absolute Gasteiger partial charge is 0.380 e. The number of halogens is 2. The van der Waals surface area contributed by atoms with E-state index in [4.69, 9.17) is 0 Å². The van der Waals surface area contributed by atoms with Crippen molar-refractivity contribution in [3.63, 3.8) is 0 Å². The Hall–Kier alpha value is -4.07. The smallest absolute Gasteiger partial charge is 0.258 e. The van der Waals surface area contributed by atoms with Crippen LogP contribution in [-0.4, -0.2) is 81.3 Å². The minimum atomic E-state index is -4.26. The standard InChI is InChI=1S/C31H35F2N7O3S/c1-19(27-4-3-9-34-27)35-29-17-22(40-12-10-39(2)11-13-40)5-7-25(29)31(41)36-30-26-18-23(6-8-28(26)37-38-30)44(42,43)24-15-20(32)14-21(33)16-24/h5-8,14-19,27,34-35H,3-4,9-13H2,1-2H3,(H2,36,37,38,41). The quantitative estimate of drug-likeness (QED) is 0.230. The minimum absolute atomic E-state index is 0.0680. The Bertz CT molecular complexity index is 1780. The van der Waals surface area contributed by atoms with Gasteiger partial charge in [0, 0.05) is 61.1 Å². The summed E-state index contributed by atoms with van der Waals surface area (Å²) in [4.78, 5) is 17.6. The van der Waals surface area contributed by atoms with E-state index in [2.05, 4.69) is 49.9 Å². The number of fused-ring (bicyclic) bond motifs is 1. The van der Waals surface area contributed by atoms with Gasteiger partial charge in [0.05, 0.1) is 20.9 Å². The molecule has 0 bridgehead atoms. The highest BCUT2D eigenvalue weighted by Gasteiger charge is 2.25. The first-order valence-electron chi connectivity index (χ1n) is 14.7. The number of H-pyrrole nitrogens is 1. The van der Waals surface area contributed by atoms with Crippen LogP contribution in [0.1, 0.15) is 30.1 Å². The molecule has 13 heteroatoms. The molecule has 0 saturated carbocycles. The highest BCUT2D eigenvalue weighted by Crippen LogP contribution is 2.31. The summed E-state index contributed by atoms with van der Waals surface area (Å²) in [5.41, 5.74) is 2.62. The molecule has 0 radical (unpaired) electrons. The first-order valence-corrected chi connectivity index (χ1v) is 16.1. The third kappa shape index (κ3) is 6.12. The number of anilines is 3. The molecule has 2 fully saturated rings. The van der Waals surface area contributed by atoms with Gasteiger partial charge < -0.3 is 25.8 Å². The van der Waals surface area contributed by atoms with Crippen LogP contribution in [0.2, 0.25) is 0 Å². The van der Waals surface area contributed by atoms with Crippen molar-refractivity contribution in [3.8, 4) is 0 Å². The van der Waals surface area contributed by atoms with Crippen LogP contribution in [0, 0.1) is 11.6 Å². The lowest BCUT2D eigenvalue weighted by atomic mass is 10.1. The van der Waals surface area contributed by atoms with Crippen LogP contribution in [-0.2, 0) is 9.84 Å². The highest BCUT2D eigenvalue weighted by atomic mass is 32.2. The van der Waals surface area contributed by atoms with Gasteiger partial charge in [0.15, 0.2) is 5.82 Å². The summed E-state index contributed by atoms with van der Waals surface area (Å²) in [6.07, 6.45) is 2.14. The van der Waals surface area contributed by atoms with Crippen LogP contribution in [0.25, 0.3) is 10.9 Å². The number of aromatic nitrogens is 2. The number of hydrogen-bond donors (Lipinski definition) is 4. The lowest BCUT2D eigenvalue weighted by molar-refractivity contribution is 0.102. The number of sulfone groups is 1. The van der Waals surface area contributed by atoms with E-state index in [0.717, 1.165) is 63.4 Å². The van der Waals surface area contributed by atoms with Crippen LogP contribution in [0.15, 0.2) is 64.4 Å². The number of piperazine rings is 1. The zero-order valence-corrected chi connectivity index (χ0v) is 25.3. The SMILES string of the molecule is CC(Nc1cc(N2CCN(C)CC2)ccc1C(=O)Nc1n[nH]c2ccc(S(=O)(=O)c3cc(F)cc(F)c3)cc12)C1CCCN1. The molecular weight excluding hydrogens is 588 g/mol. The van der Waals surface area contributed by atoms with Crippen LogP contribution in [0.4, 0.5) is 26.0 Å². The number of aromatic amines is 1. The minimum Gasteiger partial charge on any atom is -0.380 e. The number of likely N-dealkylation sites (N-methyl/N-ethyl adjacent to an activating group) is 1. The van der Waals surface area contributed by atoms with Crippen molar-refractivity contribution in [2.75, 3.05) is 55.3 Å². The number of carbonyl (C=O) groups is 1. The summed E-state index contributed by atoms with van der Waals surface area (Å²) in [6.45, 7) is 6.73. The predicted octanol–water partition coefficient (Wildman–Crippen LogP) is 4.23. The monoisotopic (exact) mass is 623 g/mol. The molecule has 3 aromatic carbocycles. The number of benzene rings is 3. The number of nitrogens with zero attached hydrogens (tertiary/aromatic N) is 3. The fourth-order valence-corrected chi connectivity index (χ4v) is 7.17. The summed E-state index contributed by atoms with van der Waals surface area (Å²) in [6, 6.07) is 12.4. The summed E-state index contributed by atoms with van der Waals surface area (Å²) in [5, 5.41) is 17.3. The van der Waals surface area contributed by atoms with Gasteiger partial charge in [0.2, 0.25) is 9.84 Å². The molecule has 0 aliphatic carbocycles. The van der Waals surface area contributed by atoms with Gasteiger partial charge in [-0.05, 0) is 81.9 Å². The van der Waals surface area contributed by atoms with Crippen molar-refractivity contribution in [2.24, 2.45) is 0 Å². The van der Waals surface area contributed by atoms with Gasteiger partial charge in [-0.25, -0.2) is 17.2 Å². The van der Waals surface area contributed by atoms with Gasteiger partial charge >= 0.3 is 0 Å². The highest BCUT2D eigenvalue weighted by molar-refractivity contribution is 7.91. The number of amides is 1. The van der Waals surface area contributed by atoms with Gasteiger partial charge in [0.25, 0.3) is 5.91 Å². The van der Waals surface area contributed by atoms with Gasteiger partial charge in [0.1, 0.15) is 11.6 Å². The normalized spacial score (nSPS) is 18.5. The molecule has 4 N–H and O–H groups in total. The Balaban J connectivity index is 1.30. The molecular formula is C31H35F2N7O3S. The molecule has 2 atom stereocenters. The van der Waals surface area contributed by atoms with E-state index in [1.807, 2.05) is 12.1 Å². The Kier molecular flexibility index (Phi) is 8.27. The van der Waals surface area contributed by atoms with E-state index in [-0.39, 0.29) is 22.8 Å². The molecule has 0 spiro atoms. The number of nitrogens with one attached hydrogen (secondary N) is 4. The average Bonchev–Trinajstić information content (AvgIpc) is 3.68. The molecule has 1 aromatic heterocycles. The van der Waals surface area contributed by atoms with Crippen molar-refractivity contribution in [1.29, 1.82) is 0 Å². The first-order chi connectivity index (χ1) is 21.1. The van der Waals surface area contributed by atoms with Crippen LogP contribution >= 0.6 is 0 Å². The molecule has 3 heterocycles.